The quantitative estimate of drug-likeness (QED) is 0.788. The Labute approximate surface area is 152 Å². The van der Waals surface area contributed by atoms with Crippen molar-refractivity contribution < 1.29 is 31.3 Å². The van der Waals surface area contributed by atoms with Crippen molar-refractivity contribution in [1.82, 2.24) is 9.80 Å². The molecule has 2 aromatic carbocycles. The minimum atomic E-state index is 0.344. The van der Waals surface area contributed by atoms with E-state index in [-0.39, 0.29) is 0 Å². The fraction of sp³-hybridized carbons (Fsp3) is 0.333. The van der Waals surface area contributed by atoms with Crippen LogP contribution >= 0.6 is 0 Å². The third kappa shape index (κ3) is 6.85. The standard InChI is InChI=1S/C18H24N2O2.O.V/c1-19(13-15-7-3-5-9-17(15)21)11-12-20(2)14-16-8-4-6-10-18(16)22;;/h3-10,21-22H,11-14H2,1-2H3;;/q;;+2. The molecule has 6 heteroatoms. The van der Waals surface area contributed by atoms with E-state index in [1.165, 1.54) is 0 Å². The number of para-hydroxylation sites is 2. The van der Waals surface area contributed by atoms with Gasteiger partial charge in [-0.3, -0.25) is 0 Å². The van der Waals surface area contributed by atoms with Gasteiger partial charge in [-0.15, -0.1) is 0 Å². The van der Waals surface area contributed by atoms with Gasteiger partial charge in [0.15, 0.2) is 0 Å². The molecule has 0 heterocycles. The summed E-state index contributed by atoms with van der Waals surface area (Å²) in [7, 11) is 4.08. The van der Waals surface area contributed by atoms with E-state index in [2.05, 4.69) is 9.80 Å². The molecule has 2 aromatic rings. The van der Waals surface area contributed by atoms with Gasteiger partial charge in [0.05, 0.1) is 0 Å². The monoisotopic (exact) mass is 367 g/mol. The van der Waals surface area contributed by atoms with E-state index in [0.29, 0.717) is 11.5 Å². The third-order valence-electron chi connectivity index (χ3n) is 3.73. The molecule has 0 aliphatic heterocycles. The summed E-state index contributed by atoms with van der Waals surface area (Å²) in [5.74, 6) is 0.689. The molecule has 0 fully saturated rings. The van der Waals surface area contributed by atoms with Crippen molar-refractivity contribution >= 4 is 0 Å². The maximum atomic E-state index is 9.80. The van der Waals surface area contributed by atoms with E-state index in [1.807, 2.05) is 50.5 Å². The number of nitrogens with zero attached hydrogens (tertiary/aromatic N) is 2. The van der Waals surface area contributed by atoms with E-state index < -0.39 is 0 Å². The molecule has 0 aliphatic rings. The van der Waals surface area contributed by atoms with Crippen molar-refractivity contribution in [3.63, 3.8) is 0 Å². The third-order valence-corrected chi connectivity index (χ3v) is 3.73. The average molecular weight is 367 g/mol. The van der Waals surface area contributed by atoms with Crippen molar-refractivity contribution in [3.05, 3.63) is 59.7 Å². The van der Waals surface area contributed by atoms with Gasteiger partial charge in [-0.25, -0.2) is 0 Å². The second-order valence-electron chi connectivity index (χ2n) is 5.73. The van der Waals surface area contributed by atoms with Gasteiger partial charge in [-0.2, -0.15) is 0 Å². The molecule has 0 bridgehead atoms. The number of aromatic hydroxyl groups is 2. The molecule has 0 amide bonds. The number of phenolic OH excluding ortho intramolecular Hbond substituents is 2. The second-order valence-corrected chi connectivity index (χ2v) is 5.73. The zero-order chi connectivity index (χ0) is 17.9. The fourth-order valence-electron chi connectivity index (χ4n) is 2.37. The number of hydrogen-bond acceptors (Lipinski definition) is 5. The molecule has 0 saturated heterocycles. The van der Waals surface area contributed by atoms with Crippen LogP contribution in [0.2, 0.25) is 0 Å². The molecule has 0 aromatic heterocycles. The van der Waals surface area contributed by atoms with Crippen molar-refractivity contribution in [2.24, 2.45) is 0 Å². The SMILES string of the molecule is CN(CCN(C)Cc1ccccc1O)Cc1ccccc1O.[O]=[V+2]. The Morgan fingerprint density at radius 1 is 0.750 bits per heavy atom. The molecule has 0 spiro atoms. The summed E-state index contributed by atoms with van der Waals surface area (Å²) in [6.45, 7) is 3.21. The molecule has 0 atom stereocenters. The van der Waals surface area contributed by atoms with Crippen LogP contribution in [0.25, 0.3) is 0 Å². The zero-order valence-electron chi connectivity index (χ0n) is 14.1. The normalized spacial score (nSPS) is 10.6. The Morgan fingerprint density at radius 2 is 1.08 bits per heavy atom. The first kappa shape index (κ1) is 20.4. The fourth-order valence-corrected chi connectivity index (χ4v) is 2.37. The topological polar surface area (TPSA) is 64.0 Å². The molecule has 5 nitrogen and oxygen atoms in total. The van der Waals surface area contributed by atoms with Gasteiger partial charge in [0.25, 0.3) is 0 Å². The Kier molecular flexibility index (Phi) is 9.34. The first-order chi connectivity index (χ1) is 11.6. The van der Waals surface area contributed by atoms with E-state index >= 15 is 0 Å². The van der Waals surface area contributed by atoms with E-state index in [1.54, 1.807) is 12.1 Å². The molecule has 24 heavy (non-hydrogen) atoms. The number of rotatable bonds is 7. The van der Waals surface area contributed by atoms with Crippen LogP contribution < -0.4 is 0 Å². The molecular formula is C18H24N2O3V+2. The van der Waals surface area contributed by atoms with Gasteiger partial charge in [-0.05, 0) is 26.2 Å². The van der Waals surface area contributed by atoms with E-state index in [4.69, 9.17) is 3.67 Å². The molecule has 127 valence electrons. The van der Waals surface area contributed by atoms with Crippen LogP contribution in [0.3, 0.4) is 0 Å². The second kappa shape index (κ2) is 11.0. The molecule has 0 radical (unpaired) electrons. The van der Waals surface area contributed by atoms with E-state index in [0.717, 1.165) is 54.7 Å². The van der Waals surface area contributed by atoms with Crippen LogP contribution in [0.5, 0.6) is 11.5 Å². The Balaban J connectivity index is 0.00000139. The van der Waals surface area contributed by atoms with Crippen molar-refractivity contribution in [1.29, 1.82) is 0 Å². The van der Waals surface area contributed by atoms with Crippen molar-refractivity contribution in [2.75, 3.05) is 27.2 Å². The van der Waals surface area contributed by atoms with E-state index in [9.17, 15) is 10.2 Å². The summed E-state index contributed by atoms with van der Waals surface area (Å²) >= 11 is 1.06. The van der Waals surface area contributed by atoms with Crippen LogP contribution in [0, 0.1) is 0 Å². The predicted octanol–water partition coefficient (Wildman–Crippen LogP) is 2.54. The van der Waals surface area contributed by atoms with Crippen LogP contribution in [-0.2, 0) is 34.1 Å². The van der Waals surface area contributed by atoms with Crippen molar-refractivity contribution in [2.45, 2.75) is 13.1 Å². The molecule has 0 unspecified atom stereocenters. The summed E-state index contributed by atoms with van der Waals surface area (Å²) in [6.07, 6.45) is 0. The van der Waals surface area contributed by atoms with Gasteiger partial charge in [-0.1, -0.05) is 36.4 Å². The van der Waals surface area contributed by atoms with Gasteiger partial charge in [0.1, 0.15) is 11.5 Å². The molecule has 0 saturated carbocycles. The zero-order valence-corrected chi connectivity index (χ0v) is 15.5. The first-order valence-electron chi connectivity index (χ1n) is 7.65. The van der Waals surface area contributed by atoms with Gasteiger partial charge in [0, 0.05) is 37.3 Å². The first-order valence-corrected chi connectivity index (χ1v) is 8.22. The van der Waals surface area contributed by atoms with Crippen LogP contribution in [0.15, 0.2) is 48.5 Å². The molecule has 2 N–H and O–H groups in total. The molecular weight excluding hydrogens is 343 g/mol. The number of hydrogen-bond donors (Lipinski definition) is 2. The van der Waals surface area contributed by atoms with Gasteiger partial charge in [0.2, 0.25) is 0 Å². The number of benzene rings is 2. The minimum absolute atomic E-state index is 0.344. The summed E-state index contributed by atoms with van der Waals surface area (Å²) in [5, 5.41) is 19.6. The van der Waals surface area contributed by atoms with Gasteiger partial charge >= 0.3 is 21.0 Å². The Morgan fingerprint density at radius 3 is 1.42 bits per heavy atom. The summed E-state index contributed by atoms with van der Waals surface area (Å²) in [5.41, 5.74) is 1.88. The summed E-state index contributed by atoms with van der Waals surface area (Å²) in [6, 6.07) is 14.9. The van der Waals surface area contributed by atoms with Gasteiger partial charge < -0.3 is 20.0 Å². The number of likely N-dealkylation sites (N-methyl/N-ethyl adjacent to an activating group) is 2. The Hall–Kier alpha value is -1.66. The molecule has 2 rings (SSSR count). The average Bonchev–Trinajstić information content (AvgIpc) is 2.59. The summed E-state index contributed by atoms with van der Waals surface area (Å²) < 4.78 is 8.19. The van der Waals surface area contributed by atoms with Crippen LogP contribution in [0.1, 0.15) is 11.1 Å². The maximum absolute atomic E-state index is 9.80. The van der Waals surface area contributed by atoms with Crippen LogP contribution in [-0.4, -0.2) is 47.2 Å². The van der Waals surface area contributed by atoms with Crippen LogP contribution in [0.4, 0.5) is 0 Å². The molecule has 0 aliphatic carbocycles. The summed E-state index contributed by atoms with van der Waals surface area (Å²) in [4.78, 5) is 4.35. The number of phenols is 2. The Bertz CT molecular complexity index is 571. The predicted molar refractivity (Wildman–Crippen MR) is 89.6 cm³/mol. The van der Waals surface area contributed by atoms with Crippen molar-refractivity contribution in [3.8, 4) is 11.5 Å².